The van der Waals surface area contributed by atoms with Gasteiger partial charge in [0.25, 0.3) is 0 Å². The van der Waals surface area contributed by atoms with E-state index in [1.54, 1.807) is 4.90 Å². The maximum Gasteiger partial charge on any atom is 0.401 e. The van der Waals surface area contributed by atoms with Gasteiger partial charge in [0.1, 0.15) is 0 Å². The molecule has 2 rings (SSSR count). The minimum Gasteiger partial charge on any atom is -0.341 e. The Bertz CT molecular complexity index is 319. The molecule has 3 nitrogen and oxygen atoms in total. The molecule has 1 aliphatic carbocycles. The Hall–Kier alpha value is -0.780. The van der Waals surface area contributed by atoms with Crippen LogP contribution in [0.4, 0.5) is 13.2 Å². The number of nitrogens with zero attached hydrogens (tertiary/aromatic N) is 2. The highest BCUT2D eigenvalue weighted by Gasteiger charge is 2.41. The molecule has 1 saturated heterocycles. The summed E-state index contributed by atoms with van der Waals surface area (Å²) in [6.45, 7) is 2.94. The van der Waals surface area contributed by atoms with Crippen LogP contribution in [0, 0.1) is 11.8 Å². The molecule has 2 atom stereocenters. The lowest BCUT2D eigenvalue weighted by Crippen LogP contribution is -2.39. The van der Waals surface area contributed by atoms with Gasteiger partial charge in [0.05, 0.1) is 6.54 Å². The number of hydrogen-bond donors (Lipinski definition) is 0. The average molecular weight is 264 g/mol. The van der Waals surface area contributed by atoms with E-state index in [0.29, 0.717) is 38.5 Å². The molecule has 18 heavy (non-hydrogen) atoms. The van der Waals surface area contributed by atoms with Gasteiger partial charge >= 0.3 is 6.18 Å². The van der Waals surface area contributed by atoms with Crippen LogP contribution >= 0.6 is 0 Å². The van der Waals surface area contributed by atoms with Crippen molar-refractivity contribution in [1.82, 2.24) is 9.80 Å². The van der Waals surface area contributed by atoms with Crippen molar-refractivity contribution in [3.63, 3.8) is 0 Å². The number of carbonyl (C=O) groups is 1. The lowest BCUT2D eigenvalue weighted by Gasteiger charge is -2.22. The quantitative estimate of drug-likeness (QED) is 0.758. The van der Waals surface area contributed by atoms with Crippen molar-refractivity contribution in [3.05, 3.63) is 0 Å². The van der Waals surface area contributed by atoms with Gasteiger partial charge < -0.3 is 4.90 Å². The molecule has 104 valence electrons. The topological polar surface area (TPSA) is 23.6 Å². The first-order valence-electron chi connectivity index (χ1n) is 6.45. The third kappa shape index (κ3) is 3.60. The summed E-state index contributed by atoms with van der Waals surface area (Å²) in [5, 5.41) is 0. The Kier molecular flexibility index (Phi) is 3.84. The summed E-state index contributed by atoms with van der Waals surface area (Å²) in [5.74, 6) is 0.711. The first-order chi connectivity index (χ1) is 8.37. The Balaban J connectivity index is 1.83. The van der Waals surface area contributed by atoms with Crippen LogP contribution in [0.2, 0.25) is 0 Å². The molecule has 2 unspecified atom stereocenters. The minimum absolute atomic E-state index is 0.124. The SMILES string of the molecule is CC1CC1C(=O)N1CCCN(CC(F)(F)F)CC1. The Labute approximate surface area is 105 Å². The lowest BCUT2D eigenvalue weighted by atomic mass is 10.3. The summed E-state index contributed by atoms with van der Waals surface area (Å²) in [6.07, 6.45) is -2.59. The van der Waals surface area contributed by atoms with E-state index in [-0.39, 0.29) is 11.8 Å². The molecule has 0 aromatic carbocycles. The van der Waals surface area contributed by atoms with Crippen molar-refractivity contribution in [3.8, 4) is 0 Å². The van der Waals surface area contributed by atoms with Gasteiger partial charge in [-0.05, 0) is 18.8 Å². The predicted molar refractivity (Wildman–Crippen MR) is 61.0 cm³/mol. The van der Waals surface area contributed by atoms with Gasteiger partial charge in [0.2, 0.25) is 5.91 Å². The van der Waals surface area contributed by atoms with Gasteiger partial charge in [-0.25, -0.2) is 0 Å². The first-order valence-corrected chi connectivity index (χ1v) is 6.45. The fourth-order valence-electron chi connectivity index (χ4n) is 2.50. The number of halogens is 3. The number of rotatable bonds is 2. The first kappa shape index (κ1) is 13.6. The van der Waals surface area contributed by atoms with Crippen LogP contribution in [0.1, 0.15) is 19.8 Å². The van der Waals surface area contributed by atoms with Crippen LogP contribution in [0.15, 0.2) is 0 Å². The molecule has 1 heterocycles. The van der Waals surface area contributed by atoms with E-state index < -0.39 is 12.7 Å². The van der Waals surface area contributed by atoms with Crippen molar-refractivity contribution in [2.45, 2.75) is 25.9 Å². The van der Waals surface area contributed by atoms with E-state index in [1.807, 2.05) is 6.92 Å². The molecular formula is C12H19F3N2O. The second-order valence-electron chi connectivity index (χ2n) is 5.39. The average Bonchev–Trinajstić information content (AvgIpc) is 2.99. The molecule has 0 bridgehead atoms. The van der Waals surface area contributed by atoms with E-state index in [2.05, 4.69) is 0 Å². The third-order valence-corrected chi connectivity index (χ3v) is 3.73. The number of carbonyl (C=O) groups excluding carboxylic acids is 1. The largest absolute Gasteiger partial charge is 0.401 e. The standard InChI is InChI=1S/C12H19F3N2O/c1-9-7-10(9)11(18)17-4-2-3-16(5-6-17)8-12(13,14)15/h9-10H,2-8H2,1H3. The van der Waals surface area contributed by atoms with Crippen LogP contribution in [-0.2, 0) is 4.79 Å². The van der Waals surface area contributed by atoms with Crippen molar-refractivity contribution >= 4 is 5.91 Å². The van der Waals surface area contributed by atoms with Crippen LogP contribution < -0.4 is 0 Å². The van der Waals surface area contributed by atoms with Crippen molar-refractivity contribution < 1.29 is 18.0 Å². The predicted octanol–water partition coefficient (Wildman–Crippen LogP) is 1.74. The molecule has 1 saturated carbocycles. The molecule has 0 N–H and O–H groups in total. The molecule has 0 spiro atoms. The Morgan fingerprint density at radius 1 is 1.22 bits per heavy atom. The van der Waals surface area contributed by atoms with Gasteiger partial charge in [-0.3, -0.25) is 9.69 Å². The Morgan fingerprint density at radius 2 is 1.89 bits per heavy atom. The summed E-state index contributed by atoms with van der Waals surface area (Å²) in [4.78, 5) is 15.1. The Morgan fingerprint density at radius 3 is 2.44 bits per heavy atom. The van der Waals surface area contributed by atoms with E-state index in [0.717, 1.165) is 6.42 Å². The number of alkyl halides is 3. The van der Waals surface area contributed by atoms with Gasteiger partial charge in [0, 0.05) is 32.1 Å². The summed E-state index contributed by atoms with van der Waals surface area (Å²) in [5.41, 5.74) is 0. The van der Waals surface area contributed by atoms with Crippen LogP contribution in [0.5, 0.6) is 0 Å². The zero-order chi connectivity index (χ0) is 13.3. The van der Waals surface area contributed by atoms with Gasteiger partial charge in [-0.15, -0.1) is 0 Å². The minimum atomic E-state index is -4.15. The van der Waals surface area contributed by atoms with Crippen molar-refractivity contribution in [2.24, 2.45) is 11.8 Å². The molecule has 1 amide bonds. The van der Waals surface area contributed by atoms with Crippen molar-refractivity contribution in [1.29, 1.82) is 0 Å². The molecule has 2 fully saturated rings. The molecule has 6 heteroatoms. The number of hydrogen-bond acceptors (Lipinski definition) is 2. The summed E-state index contributed by atoms with van der Waals surface area (Å²) >= 11 is 0. The number of amides is 1. The maximum absolute atomic E-state index is 12.3. The van der Waals surface area contributed by atoms with Crippen LogP contribution in [-0.4, -0.2) is 54.6 Å². The van der Waals surface area contributed by atoms with Gasteiger partial charge in [0.15, 0.2) is 0 Å². The van der Waals surface area contributed by atoms with Crippen LogP contribution in [0.25, 0.3) is 0 Å². The maximum atomic E-state index is 12.3. The highest BCUT2D eigenvalue weighted by Crippen LogP contribution is 2.39. The second kappa shape index (κ2) is 5.07. The fraction of sp³-hybridized carbons (Fsp3) is 0.917. The highest BCUT2D eigenvalue weighted by atomic mass is 19.4. The highest BCUT2D eigenvalue weighted by molar-refractivity contribution is 5.81. The normalized spacial score (nSPS) is 30.1. The summed E-state index contributed by atoms with van der Waals surface area (Å²) < 4.78 is 36.9. The third-order valence-electron chi connectivity index (χ3n) is 3.73. The molecular weight excluding hydrogens is 245 g/mol. The molecule has 2 aliphatic rings. The second-order valence-corrected chi connectivity index (χ2v) is 5.39. The fourth-order valence-corrected chi connectivity index (χ4v) is 2.50. The smallest absolute Gasteiger partial charge is 0.341 e. The molecule has 1 aliphatic heterocycles. The van der Waals surface area contributed by atoms with E-state index >= 15 is 0 Å². The van der Waals surface area contributed by atoms with Crippen LogP contribution in [0.3, 0.4) is 0 Å². The van der Waals surface area contributed by atoms with E-state index in [9.17, 15) is 18.0 Å². The molecule has 0 aromatic rings. The van der Waals surface area contributed by atoms with E-state index in [4.69, 9.17) is 0 Å². The van der Waals surface area contributed by atoms with Gasteiger partial charge in [-0.2, -0.15) is 13.2 Å². The molecule has 0 radical (unpaired) electrons. The molecule has 0 aromatic heterocycles. The zero-order valence-electron chi connectivity index (χ0n) is 10.5. The van der Waals surface area contributed by atoms with Crippen molar-refractivity contribution in [2.75, 3.05) is 32.7 Å². The lowest BCUT2D eigenvalue weighted by molar-refractivity contribution is -0.145. The summed E-state index contributed by atoms with van der Waals surface area (Å²) in [7, 11) is 0. The monoisotopic (exact) mass is 264 g/mol. The summed E-state index contributed by atoms with van der Waals surface area (Å²) in [6, 6.07) is 0. The zero-order valence-corrected chi connectivity index (χ0v) is 10.5. The van der Waals surface area contributed by atoms with Gasteiger partial charge in [-0.1, -0.05) is 6.92 Å². The van der Waals surface area contributed by atoms with E-state index in [1.165, 1.54) is 4.90 Å².